The van der Waals surface area contributed by atoms with E-state index in [1.807, 2.05) is 91.1 Å². The Labute approximate surface area is 547 Å². The van der Waals surface area contributed by atoms with Gasteiger partial charge in [-0.15, -0.1) is 0 Å². The van der Waals surface area contributed by atoms with Crippen molar-refractivity contribution in [2.45, 2.75) is 142 Å². The van der Waals surface area contributed by atoms with E-state index in [0.717, 1.165) is 161 Å². The van der Waals surface area contributed by atoms with Crippen molar-refractivity contribution in [2.24, 2.45) is 15.2 Å². The molecule has 0 atom stereocenters. The number of esters is 3. The number of carbonyl (C=O) groups is 3. The van der Waals surface area contributed by atoms with Crippen LogP contribution in [0, 0.1) is 11.3 Å². The second-order valence-corrected chi connectivity index (χ2v) is 22.2. The Morgan fingerprint density at radius 1 is 0.380 bits per heavy atom. The van der Waals surface area contributed by atoms with Crippen molar-refractivity contribution in [1.82, 2.24) is 0 Å². The van der Waals surface area contributed by atoms with Gasteiger partial charge >= 0.3 is 17.9 Å². The smallest absolute Gasteiger partial charge is 0.330 e. The third-order valence-electron chi connectivity index (χ3n) is 14.8. The monoisotopic (exact) mass is 1240 g/mol. The number of rotatable bonds is 39. The van der Waals surface area contributed by atoms with Crippen LogP contribution in [0.25, 0.3) is 22.3 Å². The molecule has 0 aliphatic heterocycles. The summed E-state index contributed by atoms with van der Waals surface area (Å²) >= 11 is 0. The van der Waals surface area contributed by atoms with Crippen LogP contribution in [0.5, 0.6) is 11.5 Å². The molecule has 0 bridgehead atoms. The van der Waals surface area contributed by atoms with Crippen molar-refractivity contribution in [1.29, 1.82) is 5.26 Å². The highest BCUT2D eigenvalue weighted by Crippen LogP contribution is 2.27. The largest absolute Gasteiger partial charge is 0.494 e. The Kier molecular flexibility index (Phi) is 36.4. The third-order valence-corrected chi connectivity index (χ3v) is 14.8. The Morgan fingerprint density at radius 3 is 1.13 bits per heavy atom. The highest BCUT2D eigenvalue weighted by molar-refractivity contribution is 5.83. The molecular formula is C80H94N4O8. The quantitative estimate of drug-likeness (QED) is 0.00913. The third kappa shape index (κ3) is 31.3. The number of ether oxygens (including phenoxy) is 5. The van der Waals surface area contributed by atoms with Gasteiger partial charge in [0.1, 0.15) is 11.5 Å². The summed E-state index contributed by atoms with van der Waals surface area (Å²) in [5, 5.41) is 17.5. The summed E-state index contributed by atoms with van der Waals surface area (Å²) in [7, 11) is 0. The van der Waals surface area contributed by atoms with Crippen molar-refractivity contribution < 1.29 is 38.1 Å². The molecule has 0 heterocycles. The fraction of sp³-hybridized carbons (Fsp3) is 0.338. The van der Waals surface area contributed by atoms with Gasteiger partial charge in [0.2, 0.25) is 0 Å². The van der Waals surface area contributed by atoms with Gasteiger partial charge < -0.3 is 23.7 Å². The number of nitrogens with zero attached hydrogens (tertiary/aromatic N) is 4. The van der Waals surface area contributed by atoms with Gasteiger partial charge in [-0.2, -0.15) is 15.5 Å². The molecule has 0 aliphatic carbocycles. The minimum Gasteiger partial charge on any atom is -0.494 e. The van der Waals surface area contributed by atoms with E-state index in [2.05, 4.69) is 140 Å². The first kappa shape index (κ1) is 73.3. The summed E-state index contributed by atoms with van der Waals surface area (Å²) in [6.07, 6.45) is 27.0. The zero-order valence-corrected chi connectivity index (χ0v) is 54.3. The van der Waals surface area contributed by atoms with Crippen LogP contribution in [-0.2, 0) is 47.9 Å². The molecule has 12 heteroatoms. The number of nitriles is 1. The molecule has 482 valence electrons. The molecule has 12 nitrogen and oxygen atoms in total. The zero-order valence-electron chi connectivity index (χ0n) is 54.3. The average molecular weight is 1240 g/mol. The standard InChI is InChI=1S/C27H35NO3.C27H25NO2.C26H34N2O3/c1-3-5-11-23-12-16-25(17-13-23)28-22-24-14-18-26(19-15-24)30-20-9-7-6-8-10-21-31-27(29)4-2;1-2-27(29)30-19-5-3-4-6-21-7-11-23(12-8-21)25-15-17-26(18-16-25)24-13-9-22(20-28)10-14-24;1-3-5-20-30-25-18-16-24(17-19-25)28-27-23-14-12-22(13-15-23)11-9-7-6-8-10-21-31-26(29)4-2/h4,12-19,22H,2-3,5-11,20-21H2,1H3;2,7-18H,1,3-6,19H2;4,12-19H,2-3,5-11,20-21H2,1H3. The molecule has 0 N–H and O–H groups in total. The molecule has 0 unspecified atom stereocenters. The molecule has 92 heavy (non-hydrogen) atoms. The normalized spacial score (nSPS) is 10.7. The number of benzene rings is 7. The topological polar surface area (TPSA) is 158 Å². The molecule has 0 fully saturated rings. The van der Waals surface area contributed by atoms with E-state index in [1.165, 1.54) is 65.3 Å². The van der Waals surface area contributed by atoms with Crippen molar-refractivity contribution in [2.75, 3.05) is 33.0 Å². The Hall–Kier alpha value is -9.47. The van der Waals surface area contributed by atoms with E-state index in [4.69, 9.17) is 28.9 Å². The number of carbonyl (C=O) groups excluding carboxylic acids is 3. The number of azo groups is 1. The second kappa shape index (κ2) is 45.7. The first-order chi connectivity index (χ1) is 45.1. The van der Waals surface area contributed by atoms with Crippen LogP contribution in [0.2, 0.25) is 0 Å². The van der Waals surface area contributed by atoms with Crippen LogP contribution in [0.15, 0.2) is 223 Å². The predicted octanol–water partition coefficient (Wildman–Crippen LogP) is 20.7. The Balaban J connectivity index is 0.000000250. The van der Waals surface area contributed by atoms with Crippen molar-refractivity contribution >= 4 is 41.2 Å². The molecule has 0 saturated carbocycles. The summed E-state index contributed by atoms with van der Waals surface area (Å²) in [4.78, 5) is 37.4. The molecule has 7 rings (SSSR count). The second-order valence-electron chi connectivity index (χ2n) is 22.2. The average Bonchev–Trinajstić information content (AvgIpc) is 1.29. The van der Waals surface area contributed by atoms with Crippen LogP contribution in [0.1, 0.15) is 151 Å². The van der Waals surface area contributed by atoms with Gasteiger partial charge in [-0.25, -0.2) is 14.4 Å². The van der Waals surface area contributed by atoms with E-state index in [9.17, 15) is 14.4 Å². The highest BCUT2D eigenvalue weighted by Gasteiger charge is 2.05. The minimum absolute atomic E-state index is 0.340. The number of unbranched alkanes of at least 4 members (excludes halogenated alkanes) is 12. The molecule has 0 saturated heterocycles. The lowest BCUT2D eigenvalue weighted by Gasteiger charge is -2.07. The molecule has 0 aromatic heterocycles. The fourth-order valence-electron chi connectivity index (χ4n) is 9.36. The predicted molar refractivity (Wildman–Crippen MR) is 375 cm³/mol. The lowest BCUT2D eigenvalue weighted by Crippen LogP contribution is -2.01. The summed E-state index contributed by atoms with van der Waals surface area (Å²) in [6, 6.07) is 59.4. The lowest BCUT2D eigenvalue weighted by molar-refractivity contribution is -0.138. The van der Waals surface area contributed by atoms with Gasteiger partial charge in [0, 0.05) is 24.4 Å². The summed E-state index contributed by atoms with van der Waals surface area (Å²) < 4.78 is 26.4. The maximum atomic E-state index is 11.0. The SMILES string of the molecule is C=CC(=O)OCCCCCCCOc1ccc(C=Nc2ccc(CCCC)cc2)cc1.C=CC(=O)OCCCCCCCc1ccc(N=Nc2ccc(OCCCC)cc2)cc1.C=CC(=O)OCCCCCc1ccc(-c2ccc(-c3ccc(C#N)cc3)cc2)cc1. The van der Waals surface area contributed by atoms with E-state index in [-0.39, 0.29) is 17.9 Å². The van der Waals surface area contributed by atoms with Gasteiger partial charge in [-0.3, -0.25) is 4.99 Å². The Morgan fingerprint density at radius 2 is 0.707 bits per heavy atom. The maximum absolute atomic E-state index is 11.0. The molecule has 0 spiro atoms. The molecule has 7 aromatic rings. The van der Waals surface area contributed by atoms with E-state index < -0.39 is 0 Å². The van der Waals surface area contributed by atoms with Gasteiger partial charge in [0.25, 0.3) is 0 Å². The first-order valence-corrected chi connectivity index (χ1v) is 32.8. The number of hydrogen-bond acceptors (Lipinski definition) is 12. The molecular weight excluding hydrogens is 1140 g/mol. The van der Waals surface area contributed by atoms with E-state index in [1.54, 1.807) is 0 Å². The first-order valence-electron chi connectivity index (χ1n) is 32.8. The molecule has 0 amide bonds. The van der Waals surface area contributed by atoms with Crippen LogP contribution < -0.4 is 9.47 Å². The van der Waals surface area contributed by atoms with Gasteiger partial charge in [0.05, 0.1) is 61.7 Å². The number of aliphatic imine (C=N–C) groups is 1. The number of hydrogen-bond donors (Lipinski definition) is 0. The molecule has 0 radical (unpaired) electrons. The van der Waals surface area contributed by atoms with Crippen LogP contribution in [0.4, 0.5) is 17.1 Å². The van der Waals surface area contributed by atoms with E-state index >= 15 is 0 Å². The highest BCUT2D eigenvalue weighted by atomic mass is 16.5. The summed E-state index contributed by atoms with van der Waals surface area (Å²) in [5.74, 6) is 0.715. The molecule has 0 aliphatic rings. The van der Waals surface area contributed by atoms with Crippen LogP contribution in [0.3, 0.4) is 0 Å². The van der Waals surface area contributed by atoms with Crippen molar-refractivity contribution in [3.63, 3.8) is 0 Å². The zero-order chi connectivity index (χ0) is 65.5. The van der Waals surface area contributed by atoms with Crippen molar-refractivity contribution in [3.8, 4) is 39.8 Å². The van der Waals surface area contributed by atoms with Crippen molar-refractivity contribution in [3.05, 3.63) is 236 Å². The van der Waals surface area contributed by atoms with Gasteiger partial charge in [0.15, 0.2) is 0 Å². The number of aryl methyl sites for hydroxylation is 3. The molecule has 7 aromatic carbocycles. The maximum Gasteiger partial charge on any atom is 0.330 e. The lowest BCUT2D eigenvalue weighted by atomic mass is 9.98. The van der Waals surface area contributed by atoms with Crippen LogP contribution >= 0.6 is 0 Å². The van der Waals surface area contributed by atoms with Gasteiger partial charge in [-0.05, 0) is 206 Å². The van der Waals surface area contributed by atoms with Gasteiger partial charge in [-0.1, -0.05) is 170 Å². The minimum atomic E-state index is -0.351. The fourth-order valence-corrected chi connectivity index (χ4v) is 9.36. The Bertz CT molecular complexity index is 3310. The summed E-state index contributed by atoms with van der Waals surface area (Å²) in [5.41, 5.74) is 13.0. The van der Waals surface area contributed by atoms with Crippen LogP contribution in [-0.4, -0.2) is 57.2 Å². The summed E-state index contributed by atoms with van der Waals surface area (Å²) in [6.45, 7) is 17.4. The van der Waals surface area contributed by atoms with E-state index in [0.29, 0.717) is 32.0 Å².